The van der Waals surface area contributed by atoms with E-state index in [2.05, 4.69) is 10.1 Å². The molecule has 0 bridgehead atoms. The number of furan rings is 1. The van der Waals surface area contributed by atoms with Crippen molar-refractivity contribution in [1.29, 1.82) is 0 Å². The van der Waals surface area contributed by atoms with Gasteiger partial charge in [0.15, 0.2) is 6.61 Å². The van der Waals surface area contributed by atoms with Crippen molar-refractivity contribution < 1.29 is 23.2 Å². The van der Waals surface area contributed by atoms with Gasteiger partial charge < -0.3 is 18.4 Å². The second kappa shape index (κ2) is 6.13. The maximum absolute atomic E-state index is 11.6. The largest absolute Gasteiger partial charge is 0.497 e. The molecule has 2 heterocycles. The summed E-state index contributed by atoms with van der Waals surface area (Å²) in [6.45, 7) is -0.104. The van der Waals surface area contributed by atoms with E-state index in [4.69, 9.17) is 18.4 Å². The van der Waals surface area contributed by atoms with E-state index in [-0.39, 0.29) is 12.5 Å². The van der Waals surface area contributed by atoms with E-state index < -0.39 is 5.97 Å². The predicted molar refractivity (Wildman–Crippen MR) is 74.1 cm³/mol. The molecule has 2 aromatic heterocycles. The highest BCUT2D eigenvalue weighted by molar-refractivity contribution is 5.88. The maximum Gasteiger partial charge on any atom is 0.341 e. The molecular weight excluding hydrogens is 288 g/mol. The molecule has 112 valence electrons. The molecule has 0 amide bonds. The molecular formula is C15H12N2O5. The fourth-order valence-electron chi connectivity index (χ4n) is 1.76. The number of nitrogens with zero attached hydrogens (tertiary/aromatic N) is 2. The summed E-state index contributed by atoms with van der Waals surface area (Å²) in [5.41, 5.74) is 1.10. The van der Waals surface area contributed by atoms with Gasteiger partial charge in [-0.3, -0.25) is 0 Å². The standard InChI is InChI=1S/C15H12N2O5/c1-19-12-4-2-10(3-5-12)14-16-13(22-17-14)9-21-15(18)11-6-7-20-8-11/h2-8H,9H2,1H3. The highest BCUT2D eigenvalue weighted by atomic mass is 16.6. The minimum Gasteiger partial charge on any atom is -0.497 e. The first-order valence-corrected chi connectivity index (χ1v) is 6.42. The Bertz CT molecular complexity index is 747. The molecule has 0 radical (unpaired) electrons. The van der Waals surface area contributed by atoms with Crippen molar-refractivity contribution in [3.05, 3.63) is 54.3 Å². The number of carbonyl (C=O) groups excluding carboxylic acids is 1. The molecule has 0 unspecified atom stereocenters. The zero-order valence-corrected chi connectivity index (χ0v) is 11.7. The van der Waals surface area contributed by atoms with E-state index in [0.717, 1.165) is 11.3 Å². The number of carbonyl (C=O) groups is 1. The van der Waals surface area contributed by atoms with E-state index in [1.807, 2.05) is 12.1 Å². The van der Waals surface area contributed by atoms with Crippen LogP contribution in [0.1, 0.15) is 16.2 Å². The quantitative estimate of drug-likeness (QED) is 0.669. The summed E-state index contributed by atoms with van der Waals surface area (Å²) < 4.78 is 20.0. The number of methoxy groups -OCH3 is 1. The number of ether oxygens (including phenoxy) is 2. The second-order valence-electron chi connectivity index (χ2n) is 4.33. The SMILES string of the molecule is COc1ccc(-c2noc(COC(=O)c3ccoc3)n2)cc1. The van der Waals surface area contributed by atoms with E-state index in [1.165, 1.54) is 18.6 Å². The molecule has 0 atom stereocenters. The molecule has 22 heavy (non-hydrogen) atoms. The van der Waals surface area contributed by atoms with Crippen LogP contribution in [0.2, 0.25) is 0 Å². The minimum atomic E-state index is -0.516. The zero-order valence-electron chi connectivity index (χ0n) is 11.7. The van der Waals surface area contributed by atoms with Crippen molar-refractivity contribution in [2.24, 2.45) is 0 Å². The van der Waals surface area contributed by atoms with Crippen LogP contribution in [-0.2, 0) is 11.3 Å². The Morgan fingerprint density at radius 2 is 2.05 bits per heavy atom. The van der Waals surface area contributed by atoms with Crippen LogP contribution in [0.3, 0.4) is 0 Å². The lowest BCUT2D eigenvalue weighted by Gasteiger charge is -1.99. The summed E-state index contributed by atoms with van der Waals surface area (Å²) >= 11 is 0. The van der Waals surface area contributed by atoms with Gasteiger partial charge >= 0.3 is 5.97 Å². The van der Waals surface area contributed by atoms with Gasteiger partial charge in [-0.2, -0.15) is 4.98 Å². The summed E-state index contributed by atoms with van der Waals surface area (Å²) in [5.74, 6) is 0.846. The van der Waals surface area contributed by atoms with Gasteiger partial charge in [0, 0.05) is 5.56 Å². The smallest absolute Gasteiger partial charge is 0.341 e. The summed E-state index contributed by atoms with van der Waals surface area (Å²) in [5, 5.41) is 3.85. The Balaban J connectivity index is 1.64. The average Bonchev–Trinajstić information content (AvgIpc) is 3.24. The summed E-state index contributed by atoms with van der Waals surface area (Å²) in [4.78, 5) is 15.8. The predicted octanol–water partition coefficient (Wildman–Crippen LogP) is 2.70. The molecule has 0 aliphatic heterocycles. The van der Waals surface area contributed by atoms with Crippen LogP contribution in [0, 0.1) is 0 Å². The number of rotatable bonds is 5. The number of esters is 1. The lowest BCUT2D eigenvalue weighted by Crippen LogP contribution is -2.04. The molecule has 7 heteroatoms. The summed E-state index contributed by atoms with van der Waals surface area (Å²) in [7, 11) is 1.59. The monoisotopic (exact) mass is 300 g/mol. The van der Waals surface area contributed by atoms with E-state index >= 15 is 0 Å². The highest BCUT2D eigenvalue weighted by Crippen LogP contribution is 2.20. The number of aromatic nitrogens is 2. The Labute approximate surface area is 125 Å². The van der Waals surface area contributed by atoms with Crippen LogP contribution >= 0.6 is 0 Å². The van der Waals surface area contributed by atoms with Crippen molar-refractivity contribution in [1.82, 2.24) is 10.1 Å². The van der Waals surface area contributed by atoms with Crippen LogP contribution in [-0.4, -0.2) is 23.2 Å². The van der Waals surface area contributed by atoms with Crippen molar-refractivity contribution in [2.75, 3.05) is 7.11 Å². The van der Waals surface area contributed by atoms with Gasteiger partial charge in [-0.25, -0.2) is 4.79 Å². The first kappa shape index (κ1) is 13.9. The molecule has 7 nitrogen and oxygen atoms in total. The fourth-order valence-corrected chi connectivity index (χ4v) is 1.76. The molecule has 0 saturated heterocycles. The van der Waals surface area contributed by atoms with Crippen LogP contribution < -0.4 is 4.74 Å². The molecule has 3 rings (SSSR count). The van der Waals surface area contributed by atoms with Crippen molar-refractivity contribution >= 4 is 5.97 Å². The van der Waals surface area contributed by atoms with Gasteiger partial charge in [0.05, 0.1) is 18.9 Å². The molecule has 3 aromatic rings. The third kappa shape index (κ3) is 2.98. The van der Waals surface area contributed by atoms with Gasteiger partial charge in [0.1, 0.15) is 12.0 Å². The topological polar surface area (TPSA) is 87.6 Å². The molecule has 0 aliphatic carbocycles. The normalized spacial score (nSPS) is 10.4. The number of hydrogen-bond acceptors (Lipinski definition) is 7. The Morgan fingerprint density at radius 3 is 2.73 bits per heavy atom. The van der Waals surface area contributed by atoms with Crippen LogP contribution in [0.4, 0.5) is 0 Å². The van der Waals surface area contributed by atoms with E-state index in [1.54, 1.807) is 19.2 Å². The first-order chi connectivity index (χ1) is 10.8. The van der Waals surface area contributed by atoms with Crippen molar-refractivity contribution in [2.45, 2.75) is 6.61 Å². The lowest BCUT2D eigenvalue weighted by atomic mass is 10.2. The summed E-state index contributed by atoms with van der Waals surface area (Å²) in [6.07, 6.45) is 2.70. The van der Waals surface area contributed by atoms with Gasteiger partial charge in [0.2, 0.25) is 5.82 Å². The zero-order chi connectivity index (χ0) is 15.4. The molecule has 0 fully saturated rings. The number of benzene rings is 1. The second-order valence-corrected chi connectivity index (χ2v) is 4.33. The first-order valence-electron chi connectivity index (χ1n) is 6.42. The molecule has 0 N–H and O–H groups in total. The molecule has 1 aromatic carbocycles. The third-order valence-electron chi connectivity index (χ3n) is 2.90. The van der Waals surface area contributed by atoms with E-state index in [0.29, 0.717) is 11.4 Å². The molecule has 0 aliphatic rings. The average molecular weight is 300 g/mol. The third-order valence-corrected chi connectivity index (χ3v) is 2.90. The lowest BCUT2D eigenvalue weighted by molar-refractivity contribution is 0.0429. The maximum atomic E-state index is 11.6. The molecule has 0 saturated carbocycles. The van der Waals surface area contributed by atoms with Crippen molar-refractivity contribution in [3.63, 3.8) is 0 Å². The van der Waals surface area contributed by atoms with Gasteiger partial charge in [-0.15, -0.1) is 0 Å². The Morgan fingerprint density at radius 1 is 1.23 bits per heavy atom. The van der Waals surface area contributed by atoms with Gasteiger partial charge in [0.25, 0.3) is 5.89 Å². The van der Waals surface area contributed by atoms with Crippen LogP contribution in [0.25, 0.3) is 11.4 Å². The van der Waals surface area contributed by atoms with Crippen LogP contribution in [0.5, 0.6) is 5.75 Å². The van der Waals surface area contributed by atoms with E-state index in [9.17, 15) is 4.79 Å². The summed E-state index contributed by atoms with van der Waals surface area (Å²) in [6, 6.07) is 8.73. The minimum absolute atomic E-state index is 0.104. The highest BCUT2D eigenvalue weighted by Gasteiger charge is 2.13. The number of hydrogen-bond donors (Lipinski definition) is 0. The Hall–Kier alpha value is -3.09. The fraction of sp³-hybridized carbons (Fsp3) is 0.133. The van der Waals surface area contributed by atoms with Crippen molar-refractivity contribution in [3.8, 4) is 17.1 Å². The molecule has 0 spiro atoms. The Kier molecular flexibility index (Phi) is 3.86. The van der Waals surface area contributed by atoms with Crippen LogP contribution in [0.15, 0.2) is 51.8 Å². The van der Waals surface area contributed by atoms with Gasteiger partial charge in [-0.05, 0) is 30.3 Å². The van der Waals surface area contributed by atoms with Gasteiger partial charge in [-0.1, -0.05) is 5.16 Å².